The SMILES string of the molecule is CCC1CCCC(OCC2(N)CCCCCC2)C1. The van der Waals surface area contributed by atoms with Gasteiger partial charge >= 0.3 is 0 Å². The van der Waals surface area contributed by atoms with E-state index in [1.54, 1.807) is 0 Å². The maximum absolute atomic E-state index is 6.52. The van der Waals surface area contributed by atoms with Crippen molar-refractivity contribution in [1.29, 1.82) is 0 Å². The summed E-state index contributed by atoms with van der Waals surface area (Å²) in [7, 11) is 0. The Morgan fingerprint density at radius 2 is 1.78 bits per heavy atom. The molecule has 106 valence electrons. The van der Waals surface area contributed by atoms with Crippen LogP contribution < -0.4 is 5.73 Å². The normalized spacial score (nSPS) is 33.0. The first-order valence-corrected chi connectivity index (χ1v) is 8.12. The first-order chi connectivity index (χ1) is 8.72. The van der Waals surface area contributed by atoms with Crippen LogP contribution in [0.4, 0.5) is 0 Å². The molecule has 0 aromatic rings. The van der Waals surface area contributed by atoms with Crippen LogP contribution in [0.2, 0.25) is 0 Å². The summed E-state index contributed by atoms with van der Waals surface area (Å²) in [6.07, 6.45) is 14.7. The quantitative estimate of drug-likeness (QED) is 0.768. The van der Waals surface area contributed by atoms with E-state index in [1.165, 1.54) is 57.8 Å². The summed E-state index contributed by atoms with van der Waals surface area (Å²) >= 11 is 0. The maximum Gasteiger partial charge on any atom is 0.0649 e. The highest BCUT2D eigenvalue weighted by Gasteiger charge is 2.29. The Morgan fingerprint density at radius 3 is 2.44 bits per heavy atom. The van der Waals surface area contributed by atoms with E-state index in [0.717, 1.165) is 25.4 Å². The van der Waals surface area contributed by atoms with Crippen molar-refractivity contribution in [2.75, 3.05) is 6.61 Å². The zero-order chi connectivity index (χ0) is 12.8. The molecule has 2 saturated carbocycles. The van der Waals surface area contributed by atoms with Crippen LogP contribution in [0.3, 0.4) is 0 Å². The van der Waals surface area contributed by atoms with Crippen LogP contribution in [0, 0.1) is 5.92 Å². The zero-order valence-corrected chi connectivity index (χ0v) is 12.1. The Labute approximate surface area is 113 Å². The monoisotopic (exact) mass is 253 g/mol. The van der Waals surface area contributed by atoms with E-state index in [-0.39, 0.29) is 5.54 Å². The van der Waals surface area contributed by atoms with Crippen LogP contribution in [0.1, 0.15) is 77.6 Å². The van der Waals surface area contributed by atoms with Gasteiger partial charge in [-0.1, -0.05) is 51.9 Å². The first kappa shape index (κ1) is 14.3. The molecule has 0 bridgehead atoms. The van der Waals surface area contributed by atoms with Gasteiger partial charge in [0.1, 0.15) is 0 Å². The first-order valence-electron chi connectivity index (χ1n) is 8.12. The molecule has 0 amide bonds. The molecule has 2 rings (SSSR count). The third kappa shape index (κ3) is 4.24. The number of rotatable bonds is 4. The minimum atomic E-state index is -0.0182. The number of hydrogen-bond donors (Lipinski definition) is 1. The van der Waals surface area contributed by atoms with Gasteiger partial charge in [-0.15, -0.1) is 0 Å². The van der Waals surface area contributed by atoms with Gasteiger partial charge < -0.3 is 10.5 Å². The molecular formula is C16H31NO. The molecule has 0 aliphatic heterocycles. The van der Waals surface area contributed by atoms with Gasteiger partial charge in [-0.2, -0.15) is 0 Å². The zero-order valence-electron chi connectivity index (χ0n) is 12.1. The Bertz CT molecular complexity index is 233. The minimum absolute atomic E-state index is 0.0182. The van der Waals surface area contributed by atoms with Gasteiger partial charge in [-0.25, -0.2) is 0 Å². The lowest BCUT2D eigenvalue weighted by Gasteiger charge is -2.33. The van der Waals surface area contributed by atoms with Crippen molar-refractivity contribution in [2.45, 2.75) is 89.2 Å². The Morgan fingerprint density at radius 1 is 1.06 bits per heavy atom. The highest BCUT2D eigenvalue weighted by Crippen LogP contribution is 2.30. The molecule has 2 atom stereocenters. The van der Waals surface area contributed by atoms with Gasteiger partial charge in [0.15, 0.2) is 0 Å². The van der Waals surface area contributed by atoms with Crippen LogP contribution in [0.5, 0.6) is 0 Å². The average Bonchev–Trinajstić information content (AvgIpc) is 2.62. The highest BCUT2D eigenvalue weighted by atomic mass is 16.5. The van der Waals surface area contributed by atoms with E-state index in [0.29, 0.717) is 6.10 Å². The largest absolute Gasteiger partial charge is 0.376 e. The summed E-state index contributed by atoms with van der Waals surface area (Å²) in [5.74, 6) is 0.895. The molecular weight excluding hydrogens is 222 g/mol. The van der Waals surface area contributed by atoms with Crippen molar-refractivity contribution in [1.82, 2.24) is 0 Å². The lowest BCUT2D eigenvalue weighted by molar-refractivity contribution is -0.0157. The summed E-state index contributed by atoms with van der Waals surface area (Å²) < 4.78 is 6.19. The molecule has 0 spiro atoms. The van der Waals surface area contributed by atoms with Crippen LogP contribution >= 0.6 is 0 Å². The summed E-state index contributed by atoms with van der Waals surface area (Å²) in [6, 6.07) is 0. The molecule has 2 aliphatic carbocycles. The molecule has 2 fully saturated rings. The highest BCUT2D eigenvalue weighted by molar-refractivity contribution is 4.86. The van der Waals surface area contributed by atoms with Gasteiger partial charge in [0, 0.05) is 5.54 Å². The van der Waals surface area contributed by atoms with Crippen molar-refractivity contribution >= 4 is 0 Å². The van der Waals surface area contributed by atoms with Crippen molar-refractivity contribution in [3.63, 3.8) is 0 Å². The molecule has 18 heavy (non-hydrogen) atoms. The van der Waals surface area contributed by atoms with Crippen LogP contribution in [0.15, 0.2) is 0 Å². The maximum atomic E-state index is 6.52. The van der Waals surface area contributed by atoms with Gasteiger partial charge in [0.25, 0.3) is 0 Å². The van der Waals surface area contributed by atoms with E-state index >= 15 is 0 Å². The molecule has 2 aliphatic rings. The third-order valence-corrected chi connectivity index (χ3v) is 5.02. The fraction of sp³-hybridized carbons (Fsp3) is 1.00. The Balaban J connectivity index is 1.75. The van der Waals surface area contributed by atoms with E-state index in [1.807, 2.05) is 0 Å². The van der Waals surface area contributed by atoms with E-state index in [4.69, 9.17) is 10.5 Å². The molecule has 0 saturated heterocycles. The summed E-state index contributed by atoms with van der Waals surface area (Å²) in [5.41, 5.74) is 6.50. The second-order valence-electron chi connectivity index (χ2n) is 6.65. The molecule has 0 heterocycles. The average molecular weight is 253 g/mol. The van der Waals surface area contributed by atoms with E-state index in [2.05, 4.69) is 6.92 Å². The summed E-state index contributed by atoms with van der Waals surface area (Å²) in [5, 5.41) is 0. The van der Waals surface area contributed by atoms with Crippen molar-refractivity contribution in [3.05, 3.63) is 0 Å². The predicted molar refractivity (Wildman–Crippen MR) is 76.6 cm³/mol. The summed E-state index contributed by atoms with van der Waals surface area (Å²) in [6.45, 7) is 3.11. The predicted octanol–water partition coefficient (Wildman–Crippen LogP) is 4.02. The fourth-order valence-electron chi connectivity index (χ4n) is 3.62. The molecule has 2 heteroatoms. The smallest absolute Gasteiger partial charge is 0.0649 e. The van der Waals surface area contributed by atoms with Crippen LogP contribution in [-0.4, -0.2) is 18.2 Å². The molecule has 0 radical (unpaired) electrons. The number of nitrogens with two attached hydrogens (primary N) is 1. The van der Waals surface area contributed by atoms with E-state index < -0.39 is 0 Å². The topological polar surface area (TPSA) is 35.2 Å². The van der Waals surface area contributed by atoms with Gasteiger partial charge in [0.2, 0.25) is 0 Å². The lowest BCUT2D eigenvalue weighted by Crippen LogP contribution is -2.45. The van der Waals surface area contributed by atoms with Crippen LogP contribution in [0.25, 0.3) is 0 Å². The minimum Gasteiger partial charge on any atom is -0.376 e. The van der Waals surface area contributed by atoms with Gasteiger partial charge in [-0.05, 0) is 31.6 Å². The summed E-state index contributed by atoms with van der Waals surface area (Å²) in [4.78, 5) is 0. The van der Waals surface area contributed by atoms with Gasteiger partial charge in [-0.3, -0.25) is 0 Å². The third-order valence-electron chi connectivity index (χ3n) is 5.02. The number of ether oxygens (including phenoxy) is 1. The van der Waals surface area contributed by atoms with Gasteiger partial charge in [0.05, 0.1) is 12.7 Å². The lowest BCUT2D eigenvalue weighted by atomic mass is 9.85. The standard InChI is InChI=1S/C16H31NO/c1-2-14-8-7-9-15(12-14)18-13-16(17)10-5-3-4-6-11-16/h14-15H,2-13,17H2,1H3. The van der Waals surface area contributed by atoms with E-state index in [9.17, 15) is 0 Å². The molecule has 0 aromatic carbocycles. The second-order valence-corrected chi connectivity index (χ2v) is 6.65. The van der Waals surface area contributed by atoms with Crippen molar-refractivity contribution in [3.8, 4) is 0 Å². The molecule has 2 unspecified atom stereocenters. The van der Waals surface area contributed by atoms with Crippen molar-refractivity contribution in [2.24, 2.45) is 11.7 Å². The second kappa shape index (κ2) is 6.91. The molecule has 2 N–H and O–H groups in total. The Hall–Kier alpha value is -0.0800. The van der Waals surface area contributed by atoms with Crippen LogP contribution in [-0.2, 0) is 4.74 Å². The fourth-order valence-corrected chi connectivity index (χ4v) is 3.62. The number of hydrogen-bond acceptors (Lipinski definition) is 2. The molecule has 0 aromatic heterocycles. The molecule has 2 nitrogen and oxygen atoms in total. The Kier molecular flexibility index (Phi) is 5.50. The van der Waals surface area contributed by atoms with Crippen molar-refractivity contribution < 1.29 is 4.74 Å².